The first kappa shape index (κ1) is 11.5. The summed E-state index contributed by atoms with van der Waals surface area (Å²) in [5.74, 6) is -0.533. The van der Waals surface area contributed by atoms with E-state index in [4.69, 9.17) is 17.3 Å². The van der Waals surface area contributed by atoms with E-state index in [0.717, 1.165) is 20.8 Å². The summed E-state index contributed by atoms with van der Waals surface area (Å²) in [7, 11) is 0. The minimum Gasteiger partial charge on any atom is -0.365 e. The molecule has 0 atom stereocenters. The second kappa shape index (κ2) is 3.96. The van der Waals surface area contributed by atoms with Crippen molar-refractivity contribution in [2.75, 3.05) is 0 Å². The number of fused-ring (bicyclic) bond motifs is 3. The van der Waals surface area contributed by atoms with Crippen molar-refractivity contribution in [2.45, 2.75) is 0 Å². The highest BCUT2D eigenvalue weighted by Gasteiger charge is 2.15. The van der Waals surface area contributed by atoms with Crippen LogP contribution in [0.5, 0.6) is 0 Å². The Hall–Kier alpha value is -1.59. The van der Waals surface area contributed by atoms with Crippen molar-refractivity contribution in [3.63, 3.8) is 0 Å². The molecule has 0 aliphatic rings. The van der Waals surface area contributed by atoms with E-state index >= 15 is 0 Å². The van der Waals surface area contributed by atoms with Crippen LogP contribution >= 0.6 is 27.5 Å². The van der Waals surface area contributed by atoms with Gasteiger partial charge in [0.25, 0.3) is 5.91 Å². The predicted octanol–water partition coefficient (Wildman–Crippen LogP) is 3.23. The molecule has 0 unspecified atom stereocenters. The average Bonchev–Trinajstić information content (AvgIpc) is 2.67. The normalized spacial score (nSPS) is 11.2. The van der Waals surface area contributed by atoms with Crippen LogP contribution in [0.3, 0.4) is 0 Å². The molecule has 1 amide bonds. The zero-order valence-corrected chi connectivity index (χ0v) is 11.3. The molecule has 0 spiro atoms. The zero-order valence-electron chi connectivity index (χ0n) is 9.00. The molecule has 0 radical (unpaired) electrons. The van der Waals surface area contributed by atoms with Crippen LogP contribution in [0.15, 0.2) is 28.9 Å². The summed E-state index contributed by atoms with van der Waals surface area (Å²) in [5.41, 5.74) is 7.16. The summed E-state index contributed by atoms with van der Waals surface area (Å²) in [5, 5.41) is 1.98. The SMILES string of the molecule is NC(=O)c1cnc(Cl)c2c1[nH]c1cc(Br)ccc12. The highest BCUT2D eigenvalue weighted by atomic mass is 79.9. The van der Waals surface area contributed by atoms with Gasteiger partial charge in [-0.05, 0) is 12.1 Å². The van der Waals surface area contributed by atoms with Crippen LogP contribution in [0.1, 0.15) is 10.4 Å². The molecule has 3 rings (SSSR count). The number of rotatable bonds is 1. The molecule has 18 heavy (non-hydrogen) atoms. The minimum absolute atomic E-state index is 0.335. The number of aromatic nitrogens is 2. The first-order chi connectivity index (χ1) is 8.58. The highest BCUT2D eigenvalue weighted by Crippen LogP contribution is 2.33. The molecule has 3 aromatic rings. The Labute approximate surface area is 115 Å². The Bertz CT molecular complexity index is 797. The molecule has 3 N–H and O–H groups in total. The quantitative estimate of drug-likeness (QED) is 0.675. The third-order valence-corrected chi connectivity index (χ3v) is 3.59. The first-order valence-electron chi connectivity index (χ1n) is 5.13. The monoisotopic (exact) mass is 323 g/mol. The van der Waals surface area contributed by atoms with Gasteiger partial charge in [-0.3, -0.25) is 4.79 Å². The third-order valence-electron chi connectivity index (χ3n) is 2.81. The molecule has 0 saturated carbocycles. The zero-order chi connectivity index (χ0) is 12.9. The van der Waals surface area contributed by atoms with Gasteiger partial charge in [0, 0.05) is 27.0 Å². The van der Waals surface area contributed by atoms with Crippen LogP contribution in [-0.4, -0.2) is 15.9 Å². The van der Waals surface area contributed by atoms with Crippen LogP contribution in [0.25, 0.3) is 21.8 Å². The largest absolute Gasteiger partial charge is 0.365 e. The van der Waals surface area contributed by atoms with E-state index in [0.29, 0.717) is 16.2 Å². The van der Waals surface area contributed by atoms with Crippen LogP contribution in [-0.2, 0) is 0 Å². The van der Waals surface area contributed by atoms with Gasteiger partial charge >= 0.3 is 0 Å². The summed E-state index contributed by atoms with van der Waals surface area (Å²) in [6.07, 6.45) is 1.39. The lowest BCUT2D eigenvalue weighted by molar-refractivity contribution is 0.100. The van der Waals surface area contributed by atoms with Crippen molar-refractivity contribution in [2.24, 2.45) is 5.73 Å². The number of pyridine rings is 1. The van der Waals surface area contributed by atoms with Gasteiger partial charge in [0.2, 0.25) is 0 Å². The Morgan fingerprint density at radius 1 is 1.44 bits per heavy atom. The van der Waals surface area contributed by atoms with Gasteiger partial charge in [0.05, 0.1) is 11.1 Å². The van der Waals surface area contributed by atoms with Gasteiger partial charge in [-0.25, -0.2) is 4.98 Å². The van der Waals surface area contributed by atoms with E-state index in [1.165, 1.54) is 6.20 Å². The van der Waals surface area contributed by atoms with Gasteiger partial charge in [0.15, 0.2) is 0 Å². The number of nitrogens with two attached hydrogens (primary N) is 1. The van der Waals surface area contributed by atoms with E-state index in [9.17, 15) is 4.79 Å². The number of carbonyl (C=O) groups excluding carboxylic acids is 1. The molecule has 2 heterocycles. The minimum atomic E-state index is -0.533. The summed E-state index contributed by atoms with van der Waals surface area (Å²) >= 11 is 9.49. The van der Waals surface area contributed by atoms with Crippen LogP contribution in [0.4, 0.5) is 0 Å². The van der Waals surface area contributed by atoms with Crippen molar-refractivity contribution < 1.29 is 4.79 Å². The van der Waals surface area contributed by atoms with Gasteiger partial charge in [-0.2, -0.15) is 0 Å². The summed E-state index contributed by atoms with van der Waals surface area (Å²) in [6, 6.07) is 5.73. The highest BCUT2D eigenvalue weighted by molar-refractivity contribution is 9.10. The molecule has 4 nitrogen and oxygen atoms in total. The van der Waals surface area contributed by atoms with Crippen LogP contribution < -0.4 is 5.73 Å². The predicted molar refractivity (Wildman–Crippen MR) is 74.8 cm³/mol. The standard InChI is InChI=1S/C12H7BrClN3O/c13-5-1-2-6-8(3-5)17-10-7(12(15)18)4-16-11(14)9(6)10/h1-4,17H,(H2,15,18). The second-order valence-corrected chi connectivity index (χ2v) is 5.17. The molecule has 0 fully saturated rings. The number of benzene rings is 1. The summed E-state index contributed by atoms with van der Waals surface area (Å²) in [4.78, 5) is 18.5. The molecule has 90 valence electrons. The van der Waals surface area contributed by atoms with Crippen molar-refractivity contribution in [3.05, 3.63) is 39.6 Å². The molecular weight excluding hydrogens is 318 g/mol. The fourth-order valence-electron chi connectivity index (χ4n) is 2.02. The molecule has 0 aliphatic heterocycles. The lowest BCUT2D eigenvalue weighted by Crippen LogP contribution is -2.11. The van der Waals surface area contributed by atoms with Crippen molar-refractivity contribution in [1.82, 2.24) is 9.97 Å². The van der Waals surface area contributed by atoms with Crippen molar-refractivity contribution >= 4 is 55.2 Å². The first-order valence-corrected chi connectivity index (χ1v) is 6.30. The van der Waals surface area contributed by atoms with Crippen LogP contribution in [0.2, 0.25) is 5.15 Å². The number of amides is 1. The van der Waals surface area contributed by atoms with Crippen molar-refractivity contribution in [3.8, 4) is 0 Å². The maximum absolute atomic E-state index is 11.4. The van der Waals surface area contributed by atoms with Crippen LogP contribution in [0, 0.1) is 0 Å². The third kappa shape index (κ3) is 1.59. The number of H-pyrrole nitrogens is 1. The number of hydrogen-bond donors (Lipinski definition) is 2. The number of nitrogens with one attached hydrogen (secondary N) is 1. The van der Waals surface area contributed by atoms with Gasteiger partial charge in [-0.1, -0.05) is 33.6 Å². The topological polar surface area (TPSA) is 71.8 Å². The van der Waals surface area contributed by atoms with Crippen molar-refractivity contribution in [1.29, 1.82) is 0 Å². The smallest absolute Gasteiger partial charge is 0.252 e. The van der Waals surface area contributed by atoms with E-state index in [1.54, 1.807) is 0 Å². The number of aromatic amines is 1. The molecule has 0 bridgehead atoms. The number of halogens is 2. The second-order valence-electron chi connectivity index (χ2n) is 3.89. The van der Waals surface area contributed by atoms with Gasteiger partial charge in [-0.15, -0.1) is 0 Å². The van der Waals surface area contributed by atoms with Gasteiger partial charge < -0.3 is 10.7 Å². The fraction of sp³-hybridized carbons (Fsp3) is 0. The van der Waals surface area contributed by atoms with E-state index < -0.39 is 5.91 Å². The number of carbonyl (C=O) groups is 1. The Kier molecular flexibility index (Phi) is 2.53. The molecule has 6 heteroatoms. The lowest BCUT2D eigenvalue weighted by Gasteiger charge is -1.99. The molecule has 0 aliphatic carbocycles. The number of hydrogen-bond acceptors (Lipinski definition) is 2. The van der Waals surface area contributed by atoms with E-state index in [1.807, 2.05) is 18.2 Å². The fourth-order valence-corrected chi connectivity index (χ4v) is 2.63. The summed E-state index contributed by atoms with van der Waals surface area (Å²) < 4.78 is 0.936. The Balaban J connectivity index is 2.55. The molecule has 0 saturated heterocycles. The average molecular weight is 325 g/mol. The molecular formula is C12H7BrClN3O. The Morgan fingerprint density at radius 3 is 2.94 bits per heavy atom. The van der Waals surface area contributed by atoms with Gasteiger partial charge in [0.1, 0.15) is 5.15 Å². The van der Waals surface area contributed by atoms with E-state index in [2.05, 4.69) is 25.9 Å². The maximum Gasteiger partial charge on any atom is 0.252 e. The number of nitrogens with zero attached hydrogens (tertiary/aromatic N) is 1. The molecule has 2 aromatic heterocycles. The Morgan fingerprint density at radius 2 is 2.22 bits per heavy atom. The van der Waals surface area contributed by atoms with E-state index in [-0.39, 0.29) is 0 Å². The number of primary amides is 1. The summed E-state index contributed by atoms with van der Waals surface area (Å²) in [6.45, 7) is 0. The molecule has 1 aromatic carbocycles. The maximum atomic E-state index is 11.4. The lowest BCUT2D eigenvalue weighted by atomic mass is 10.1.